The summed E-state index contributed by atoms with van der Waals surface area (Å²) >= 11 is 0. The number of halogens is 3. The Labute approximate surface area is 97.3 Å². The van der Waals surface area contributed by atoms with Crippen molar-refractivity contribution in [1.82, 2.24) is 15.5 Å². The fourth-order valence-corrected chi connectivity index (χ4v) is 1.04. The predicted molar refractivity (Wildman–Crippen MR) is 55.4 cm³/mol. The minimum Gasteiger partial charge on any atom is -0.355 e. The van der Waals surface area contributed by atoms with Gasteiger partial charge in [0.1, 0.15) is 13.1 Å². The van der Waals surface area contributed by atoms with Gasteiger partial charge >= 0.3 is 12.2 Å². The number of nitrogens with one attached hydrogen (secondary N) is 2. The largest absolute Gasteiger partial charge is 0.405 e. The van der Waals surface area contributed by atoms with Crippen LogP contribution in [0.4, 0.5) is 18.0 Å². The van der Waals surface area contributed by atoms with Gasteiger partial charge in [-0.25, -0.2) is 4.79 Å². The molecule has 0 unspecified atom stereocenters. The van der Waals surface area contributed by atoms with Gasteiger partial charge in [-0.3, -0.25) is 4.79 Å². The molecule has 8 heteroatoms. The number of urea groups is 1. The predicted octanol–water partition coefficient (Wildman–Crippen LogP) is 0.716. The van der Waals surface area contributed by atoms with Crippen LogP contribution in [-0.4, -0.2) is 49.2 Å². The Bertz CT molecular complexity index is 269. The zero-order valence-corrected chi connectivity index (χ0v) is 9.73. The first kappa shape index (κ1) is 15.5. The van der Waals surface area contributed by atoms with Crippen LogP contribution >= 0.6 is 0 Å². The highest BCUT2D eigenvalue weighted by atomic mass is 19.4. The summed E-state index contributed by atoms with van der Waals surface area (Å²) in [6, 6.07) is -0.906. The van der Waals surface area contributed by atoms with Crippen molar-refractivity contribution in [1.29, 1.82) is 0 Å². The zero-order valence-electron chi connectivity index (χ0n) is 9.73. The number of hydrogen-bond donors (Lipinski definition) is 2. The monoisotopic (exact) mass is 255 g/mol. The molecule has 17 heavy (non-hydrogen) atoms. The van der Waals surface area contributed by atoms with E-state index in [-0.39, 0.29) is 13.1 Å². The van der Waals surface area contributed by atoms with Crippen LogP contribution in [0.1, 0.15) is 13.8 Å². The lowest BCUT2D eigenvalue weighted by molar-refractivity contribution is -0.123. The van der Waals surface area contributed by atoms with Gasteiger partial charge in [-0.2, -0.15) is 13.2 Å². The molecule has 0 bridgehead atoms. The quantitative estimate of drug-likeness (QED) is 0.760. The zero-order chi connectivity index (χ0) is 13.5. The van der Waals surface area contributed by atoms with Crippen molar-refractivity contribution in [3.8, 4) is 0 Å². The summed E-state index contributed by atoms with van der Waals surface area (Å²) in [5.41, 5.74) is 0. The fourth-order valence-electron chi connectivity index (χ4n) is 1.04. The lowest BCUT2D eigenvalue weighted by atomic mass is 10.4. The second kappa shape index (κ2) is 6.97. The van der Waals surface area contributed by atoms with E-state index in [0.29, 0.717) is 6.54 Å². The molecule has 100 valence electrons. The molecular formula is C9H16F3N3O2. The van der Waals surface area contributed by atoms with Crippen molar-refractivity contribution in [2.45, 2.75) is 20.0 Å². The highest BCUT2D eigenvalue weighted by Crippen LogP contribution is 2.12. The van der Waals surface area contributed by atoms with Crippen LogP contribution in [-0.2, 0) is 4.79 Å². The normalized spacial score (nSPS) is 10.9. The molecule has 0 saturated carbocycles. The third-order valence-electron chi connectivity index (χ3n) is 1.82. The number of rotatable bonds is 5. The molecule has 0 aromatic rings. The highest BCUT2D eigenvalue weighted by molar-refractivity contribution is 5.83. The SMILES string of the molecule is CCNC(=O)CN(CC)C(=O)NCC(F)(F)F. The number of carbonyl (C=O) groups is 2. The summed E-state index contributed by atoms with van der Waals surface area (Å²) in [7, 11) is 0. The topological polar surface area (TPSA) is 61.4 Å². The van der Waals surface area contributed by atoms with Crippen LogP contribution in [0.15, 0.2) is 0 Å². The van der Waals surface area contributed by atoms with Gasteiger partial charge in [0.05, 0.1) is 0 Å². The van der Waals surface area contributed by atoms with Crippen molar-refractivity contribution >= 4 is 11.9 Å². The lowest BCUT2D eigenvalue weighted by Gasteiger charge is -2.21. The van der Waals surface area contributed by atoms with E-state index in [1.54, 1.807) is 19.2 Å². The first-order chi connectivity index (χ1) is 7.80. The third-order valence-corrected chi connectivity index (χ3v) is 1.82. The maximum atomic E-state index is 11.9. The van der Waals surface area contributed by atoms with Crippen molar-refractivity contribution in [3.05, 3.63) is 0 Å². The van der Waals surface area contributed by atoms with E-state index < -0.39 is 24.7 Å². The Morgan fingerprint density at radius 2 is 1.76 bits per heavy atom. The smallest absolute Gasteiger partial charge is 0.355 e. The Hall–Kier alpha value is -1.47. The van der Waals surface area contributed by atoms with E-state index in [9.17, 15) is 22.8 Å². The van der Waals surface area contributed by atoms with Gasteiger partial charge < -0.3 is 15.5 Å². The highest BCUT2D eigenvalue weighted by Gasteiger charge is 2.28. The summed E-state index contributed by atoms with van der Waals surface area (Å²) < 4.78 is 35.6. The van der Waals surface area contributed by atoms with E-state index >= 15 is 0 Å². The minimum absolute atomic E-state index is 0.154. The maximum Gasteiger partial charge on any atom is 0.405 e. The Kier molecular flexibility index (Phi) is 6.37. The molecule has 0 heterocycles. The molecular weight excluding hydrogens is 239 g/mol. The van der Waals surface area contributed by atoms with Crippen molar-refractivity contribution in [3.63, 3.8) is 0 Å². The summed E-state index contributed by atoms with van der Waals surface area (Å²) in [6.45, 7) is 2.18. The molecule has 0 radical (unpaired) electrons. The number of hydrogen-bond acceptors (Lipinski definition) is 2. The van der Waals surface area contributed by atoms with E-state index in [2.05, 4.69) is 5.32 Å². The van der Waals surface area contributed by atoms with Gasteiger partial charge in [0.2, 0.25) is 5.91 Å². The summed E-state index contributed by atoms with van der Waals surface area (Å²) in [4.78, 5) is 23.5. The first-order valence-electron chi connectivity index (χ1n) is 5.16. The molecule has 0 saturated heterocycles. The van der Waals surface area contributed by atoms with Gasteiger partial charge in [0.25, 0.3) is 0 Å². The molecule has 2 N–H and O–H groups in total. The van der Waals surface area contributed by atoms with Crippen molar-refractivity contribution in [2.75, 3.05) is 26.2 Å². The third kappa shape index (κ3) is 7.42. The Morgan fingerprint density at radius 1 is 1.18 bits per heavy atom. The van der Waals surface area contributed by atoms with Crippen molar-refractivity contribution in [2.24, 2.45) is 0 Å². The van der Waals surface area contributed by atoms with Gasteiger partial charge in [-0.15, -0.1) is 0 Å². The molecule has 0 aromatic heterocycles. The second-order valence-electron chi connectivity index (χ2n) is 3.24. The van der Waals surface area contributed by atoms with Crippen LogP contribution in [0.3, 0.4) is 0 Å². The molecule has 0 atom stereocenters. The van der Waals surface area contributed by atoms with E-state index in [0.717, 1.165) is 4.90 Å². The van der Waals surface area contributed by atoms with E-state index in [1.807, 2.05) is 0 Å². The van der Waals surface area contributed by atoms with E-state index in [4.69, 9.17) is 0 Å². The first-order valence-corrected chi connectivity index (χ1v) is 5.16. The van der Waals surface area contributed by atoms with Crippen LogP contribution in [0.2, 0.25) is 0 Å². The molecule has 0 aliphatic rings. The second-order valence-corrected chi connectivity index (χ2v) is 3.24. The number of alkyl halides is 3. The molecule has 0 rings (SSSR count). The van der Waals surface area contributed by atoms with Crippen LogP contribution in [0, 0.1) is 0 Å². The van der Waals surface area contributed by atoms with Crippen LogP contribution in [0.5, 0.6) is 0 Å². The molecule has 0 spiro atoms. The van der Waals surface area contributed by atoms with Crippen molar-refractivity contribution < 1.29 is 22.8 Å². The van der Waals surface area contributed by atoms with Gasteiger partial charge in [0, 0.05) is 13.1 Å². The summed E-state index contributed by atoms with van der Waals surface area (Å²) in [5, 5.41) is 4.16. The van der Waals surface area contributed by atoms with Crippen LogP contribution in [0.25, 0.3) is 0 Å². The standard InChI is InChI=1S/C9H16F3N3O2/c1-3-13-7(16)5-15(4-2)8(17)14-6-9(10,11)12/h3-6H2,1-2H3,(H,13,16)(H,14,17). The average Bonchev–Trinajstić information content (AvgIpc) is 2.22. The van der Waals surface area contributed by atoms with Gasteiger partial charge in [0.15, 0.2) is 0 Å². The Morgan fingerprint density at radius 3 is 2.18 bits per heavy atom. The minimum atomic E-state index is -4.46. The summed E-state index contributed by atoms with van der Waals surface area (Å²) in [6.07, 6.45) is -4.46. The average molecular weight is 255 g/mol. The molecule has 0 fully saturated rings. The summed E-state index contributed by atoms with van der Waals surface area (Å²) in [5.74, 6) is -0.406. The Balaban J connectivity index is 4.17. The number of likely N-dealkylation sites (N-methyl/N-ethyl adjacent to an activating group) is 2. The fraction of sp³-hybridized carbons (Fsp3) is 0.778. The van der Waals surface area contributed by atoms with Gasteiger partial charge in [-0.1, -0.05) is 0 Å². The van der Waals surface area contributed by atoms with E-state index in [1.165, 1.54) is 0 Å². The molecule has 0 aliphatic heterocycles. The number of nitrogens with zero attached hydrogens (tertiary/aromatic N) is 1. The molecule has 5 nitrogen and oxygen atoms in total. The molecule has 0 aliphatic carbocycles. The molecule has 3 amide bonds. The number of amides is 3. The van der Waals surface area contributed by atoms with Crippen LogP contribution < -0.4 is 10.6 Å². The maximum absolute atomic E-state index is 11.9. The van der Waals surface area contributed by atoms with Gasteiger partial charge in [-0.05, 0) is 13.8 Å². The lowest BCUT2D eigenvalue weighted by Crippen LogP contribution is -2.47. The molecule has 0 aromatic carbocycles. The number of carbonyl (C=O) groups excluding carboxylic acids is 2.